The zero-order valence-electron chi connectivity index (χ0n) is 22.4. The summed E-state index contributed by atoms with van der Waals surface area (Å²) >= 11 is 0. The highest BCUT2D eigenvalue weighted by Gasteiger charge is 2.70. The zero-order chi connectivity index (χ0) is 28.8. The number of para-hydroxylation sites is 2. The van der Waals surface area contributed by atoms with Gasteiger partial charge < -0.3 is 4.74 Å². The SMILES string of the molecule is COc1ccc([N+](=O)[O-])cc1N1C(=O)[C@H]2[C@H](C(C)C)N[C@]3(c4ccccc4-n4c3nc3ccccc3c4=O)[C@H]2C1=O. The van der Waals surface area contributed by atoms with Gasteiger partial charge in [0.25, 0.3) is 11.2 Å². The van der Waals surface area contributed by atoms with E-state index < -0.39 is 40.2 Å². The van der Waals surface area contributed by atoms with Gasteiger partial charge in [0, 0.05) is 23.7 Å². The fraction of sp³-hybridized carbons (Fsp3) is 0.267. The van der Waals surface area contributed by atoms with Gasteiger partial charge in [-0.3, -0.25) is 34.4 Å². The van der Waals surface area contributed by atoms with E-state index in [1.165, 1.54) is 25.3 Å². The minimum absolute atomic E-state index is 0.0129. The lowest BCUT2D eigenvalue weighted by molar-refractivity contribution is -0.384. The monoisotopic (exact) mass is 551 g/mol. The zero-order valence-corrected chi connectivity index (χ0v) is 22.4. The molecule has 3 aromatic carbocycles. The van der Waals surface area contributed by atoms with E-state index in [1.54, 1.807) is 28.8 Å². The molecular weight excluding hydrogens is 526 g/mol. The number of non-ortho nitro benzene ring substituents is 1. The first kappa shape index (κ1) is 25.1. The van der Waals surface area contributed by atoms with E-state index in [9.17, 15) is 24.5 Å². The molecule has 11 heteroatoms. The Kier molecular flexibility index (Phi) is 5.23. The van der Waals surface area contributed by atoms with Crippen molar-refractivity contribution >= 4 is 34.1 Å². The third-order valence-electron chi connectivity index (χ3n) is 8.63. The van der Waals surface area contributed by atoms with E-state index in [-0.39, 0.29) is 28.6 Å². The minimum atomic E-state index is -1.30. The van der Waals surface area contributed by atoms with E-state index in [1.807, 2.05) is 38.1 Å². The Hall–Kier alpha value is -4.90. The van der Waals surface area contributed by atoms with E-state index in [0.717, 1.165) is 4.90 Å². The fourth-order valence-electron chi connectivity index (χ4n) is 6.93. The van der Waals surface area contributed by atoms with Gasteiger partial charge in [0.05, 0.1) is 40.5 Å². The summed E-state index contributed by atoms with van der Waals surface area (Å²) < 4.78 is 6.98. The average Bonchev–Trinajstić information content (AvgIpc) is 3.56. The van der Waals surface area contributed by atoms with Gasteiger partial charge >= 0.3 is 0 Å². The van der Waals surface area contributed by atoms with Gasteiger partial charge in [0.1, 0.15) is 22.8 Å². The number of methoxy groups -OCH3 is 1. The van der Waals surface area contributed by atoms with Crippen molar-refractivity contribution in [2.45, 2.75) is 25.4 Å². The second-order valence-electron chi connectivity index (χ2n) is 11.0. The molecule has 1 aromatic heterocycles. The highest BCUT2D eigenvalue weighted by Crippen LogP contribution is 2.57. The third kappa shape index (κ3) is 3.12. The fourth-order valence-corrected chi connectivity index (χ4v) is 6.93. The Balaban J connectivity index is 1.52. The van der Waals surface area contributed by atoms with Gasteiger partial charge in [-0.15, -0.1) is 0 Å². The molecule has 2 fully saturated rings. The summed E-state index contributed by atoms with van der Waals surface area (Å²) in [5.74, 6) is -2.41. The van der Waals surface area contributed by atoms with Gasteiger partial charge in [-0.25, -0.2) is 9.88 Å². The lowest BCUT2D eigenvalue weighted by atomic mass is 9.75. The maximum atomic E-state index is 14.6. The smallest absolute Gasteiger partial charge is 0.271 e. The molecule has 0 saturated carbocycles. The quantitative estimate of drug-likeness (QED) is 0.232. The van der Waals surface area contributed by atoms with Gasteiger partial charge in [0.2, 0.25) is 11.8 Å². The highest BCUT2D eigenvalue weighted by molar-refractivity contribution is 6.24. The van der Waals surface area contributed by atoms with Crippen molar-refractivity contribution in [1.82, 2.24) is 14.9 Å². The molecule has 1 N–H and O–H groups in total. The number of hydrogen-bond acceptors (Lipinski definition) is 8. The average molecular weight is 552 g/mol. The van der Waals surface area contributed by atoms with Crippen LogP contribution in [0.1, 0.15) is 25.2 Å². The minimum Gasteiger partial charge on any atom is -0.495 e. The number of imide groups is 1. The van der Waals surface area contributed by atoms with Crippen LogP contribution in [-0.4, -0.2) is 39.4 Å². The third-order valence-corrected chi connectivity index (χ3v) is 8.63. The van der Waals surface area contributed by atoms with Crippen LogP contribution >= 0.6 is 0 Å². The molecular formula is C30H25N5O6. The Morgan fingerprint density at radius 1 is 1.00 bits per heavy atom. The predicted molar refractivity (Wildman–Crippen MR) is 149 cm³/mol. The largest absolute Gasteiger partial charge is 0.495 e. The van der Waals surface area contributed by atoms with E-state index >= 15 is 0 Å². The Morgan fingerprint density at radius 2 is 1.73 bits per heavy atom. The maximum absolute atomic E-state index is 14.6. The number of hydrogen-bond donors (Lipinski definition) is 1. The molecule has 0 unspecified atom stereocenters. The number of nitrogens with zero attached hydrogens (tertiary/aromatic N) is 4. The van der Waals surface area contributed by atoms with Crippen molar-refractivity contribution in [3.63, 3.8) is 0 Å². The molecule has 2 amide bonds. The molecule has 0 radical (unpaired) electrons. The van der Waals surface area contributed by atoms with Crippen LogP contribution in [0.2, 0.25) is 0 Å². The lowest BCUT2D eigenvalue weighted by Crippen LogP contribution is -2.51. The summed E-state index contributed by atoms with van der Waals surface area (Å²) in [7, 11) is 1.38. The molecule has 3 aliphatic heterocycles. The van der Waals surface area contributed by atoms with E-state index in [0.29, 0.717) is 28.0 Å². The second kappa shape index (κ2) is 8.55. The molecule has 206 valence electrons. The molecule has 4 heterocycles. The van der Waals surface area contributed by atoms with Crippen LogP contribution in [0.15, 0.2) is 71.5 Å². The van der Waals surface area contributed by atoms with Crippen molar-refractivity contribution in [2.75, 3.05) is 12.0 Å². The van der Waals surface area contributed by atoms with Crippen LogP contribution in [0.3, 0.4) is 0 Å². The number of ether oxygens (including phenoxy) is 1. The van der Waals surface area contributed by atoms with Gasteiger partial charge in [-0.05, 0) is 30.2 Å². The van der Waals surface area contributed by atoms with Crippen molar-refractivity contribution in [1.29, 1.82) is 0 Å². The van der Waals surface area contributed by atoms with Gasteiger partial charge in [-0.2, -0.15) is 0 Å². The summed E-state index contributed by atoms with van der Waals surface area (Å²) in [5.41, 5.74) is -0.0806. The number of carbonyl (C=O) groups is 2. The van der Waals surface area contributed by atoms with Gasteiger partial charge in [-0.1, -0.05) is 44.2 Å². The molecule has 2 saturated heterocycles. The summed E-state index contributed by atoms with van der Waals surface area (Å²) in [6.45, 7) is 3.92. The molecule has 1 spiro atoms. The molecule has 3 aliphatic rings. The van der Waals surface area contributed by atoms with Crippen molar-refractivity contribution < 1.29 is 19.2 Å². The molecule has 4 atom stereocenters. The Bertz CT molecular complexity index is 1880. The van der Waals surface area contributed by atoms with Crippen LogP contribution in [0.4, 0.5) is 11.4 Å². The first-order chi connectivity index (χ1) is 19.7. The second-order valence-corrected chi connectivity index (χ2v) is 11.0. The predicted octanol–water partition coefficient (Wildman–Crippen LogP) is 3.29. The summed E-state index contributed by atoms with van der Waals surface area (Å²) in [6, 6.07) is 17.7. The number of fused-ring (bicyclic) bond motifs is 8. The topological polar surface area (TPSA) is 137 Å². The van der Waals surface area contributed by atoms with Crippen LogP contribution in [0.25, 0.3) is 16.6 Å². The summed E-state index contributed by atoms with van der Waals surface area (Å²) in [6.07, 6.45) is 0. The first-order valence-electron chi connectivity index (χ1n) is 13.3. The van der Waals surface area contributed by atoms with Crippen molar-refractivity contribution in [2.24, 2.45) is 17.8 Å². The highest BCUT2D eigenvalue weighted by atomic mass is 16.6. The first-order valence-corrected chi connectivity index (χ1v) is 13.3. The molecule has 11 nitrogen and oxygen atoms in total. The number of nitrogens with one attached hydrogen (secondary N) is 1. The van der Waals surface area contributed by atoms with Crippen LogP contribution in [-0.2, 0) is 15.1 Å². The summed E-state index contributed by atoms with van der Waals surface area (Å²) in [5, 5.41) is 15.7. The van der Waals surface area contributed by atoms with E-state index in [2.05, 4.69) is 5.32 Å². The van der Waals surface area contributed by atoms with Crippen LogP contribution < -0.4 is 20.5 Å². The number of carbonyl (C=O) groups excluding carboxylic acids is 2. The number of benzene rings is 3. The number of anilines is 1. The lowest BCUT2D eigenvalue weighted by Gasteiger charge is -2.32. The number of aromatic nitrogens is 2. The number of amides is 2. The Labute approximate surface area is 233 Å². The number of nitro groups is 1. The maximum Gasteiger partial charge on any atom is 0.271 e. The van der Waals surface area contributed by atoms with E-state index in [4.69, 9.17) is 9.72 Å². The Morgan fingerprint density at radius 3 is 2.46 bits per heavy atom. The molecule has 4 aromatic rings. The molecule has 41 heavy (non-hydrogen) atoms. The number of nitro benzene ring substituents is 1. The van der Waals surface area contributed by atoms with Gasteiger partial charge in [0.15, 0.2) is 0 Å². The normalized spacial score (nSPS) is 24.3. The molecule has 7 rings (SSSR count). The summed E-state index contributed by atoms with van der Waals surface area (Å²) in [4.78, 5) is 59.7. The van der Waals surface area contributed by atoms with Crippen LogP contribution in [0, 0.1) is 27.9 Å². The molecule has 0 aliphatic carbocycles. The van der Waals surface area contributed by atoms with Crippen molar-refractivity contribution in [3.05, 3.63) is 98.6 Å². The number of rotatable bonds is 4. The van der Waals surface area contributed by atoms with Crippen LogP contribution in [0.5, 0.6) is 5.75 Å². The standard InChI is InChI=1S/C30H25N5O6/c1-15(2)25-23-24(28(38)33(27(23)37)21-14-16(35(39)40)12-13-22(21)41-3)30(32-25)18-9-5-7-11-20(18)34-26(36)17-8-4-6-10-19(17)31-29(30)34/h4-15,23-25,32H,1-3H3/t23-,24-,25+,30-/m1/s1. The van der Waals surface area contributed by atoms with Crippen molar-refractivity contribution in [3.8, 4) is 11.4 Å². The molecule has 0 bridgehead atoms.